The Bertz CT molecular complexity index is 1800. The molecule has 4 saturated carbocycles. The third-order valence-electron chi connectivity index (χ3n) is 12.5. The number of carbonyl (C=O) groups excluding carboxylic acids is 1. The molecule has 53 heavy (non-hydrogen) atoms. The minimum Gasteiger partial charge on any atom is -0.392 e. The van der Waals surface area contributed by atoms with Gasteiger partial charge in [-0.15, -0.1) is 0 Å². The number of ether oxygens (including phenoxy) is 2. The van der Waals surface area contributed by atoms with Crippen LogP contribution in [0.1, 0.15) is 85.8 Å². The summed E-state index contributed by atoms with van der Waals surface area (Å²) in [4.78, 5) is 20.1. The van der Waals surface area contributed by atoms with Crippen LogP contribution in [0.4, 0.5) is 4.79 Å². The second-order valence-corrected chi connectivity index (χ2v) is 16.4. The van der Waals surface area contributed by atoms with Crippen LogP contribution in [-0.4, -0.2) is 52.8 Å². The van der Waals surface area contributed by atoms with Crippen molar-refractivity contribution in [3.8, 4) is 11.1 Å². The molecule has 4 aliphatic carbocycles. The molecule has 1 saturated heterocycles. The first kappa shape index (κ1) is 35.9. The summed E-state index contributed by atoms with van der Waals surface area (Å²) in [5.41, 5.74) is 7.26. The first-order chi connectivity index (χ1) is 25.8. The van der Waals surface area contributed by atoms with Crippen molar-refractivity contribution < 1.29 is 19.4 Å². The lowest BCUT2D eigenvalue weighted by Crippen LogP contribution is -2.61. The minimum absolute atomic E-state index is 0.00874. The van der Waals surface area contributed by atoms with Crippen LogP contribution >= 0.6 is 0 Å². The Hall–Kier alpha value is -4.08. The predicted molar refractivity (Wildman–Crippen MR) is 207 cm³/mol. The number of nitrogens with zero attached hydrogens (tertiary/aromatic N) is 2. The van der Waals surface area contributed by atoms with Crippen molar-refractivity contribution in [2.75, 3.05) is 20.1 Å². The molecule has 4 atom stereocenters. The molecule has 3 N–H and O–H groups in total. The Kier molecular flexibility index (Phi) is 10.7. The summed E-state index contributed by atoms with van der Waals surface area (Å²) in [7, 11) is 2.14. The molecule has 0 unspecified atom stereocenters. The normalized spacial score (nSPS) is 28.9. The van der Waals surface area contributed by atoms with E-state index in [9.17, 15) is 9.90 Å². The molecule has 0 radical (unpaired) electrons. The molecule has 278 valence electrons. The van der Waals surface area contributed by atoms with Gasteiger partial charge in [0.05, 0.1) is 18.8 Å². The van der Waals surface area contributed by atoms with Gasteiger partial charge in [-0.25, -0.2) is 4.79 Å². The molecule has 3 aromatic carbocycles. The number of aliphatic hydroxyl groups is 1. The van der Waals surface area contributed by atoms with Crippen molar-refractivity contribution >= 4 is 6.03 Å². The van der Waals surface area contributed by atoms with E-state index in [-0.39, 0.29) is 36.3 Å². The fourth-order valence-electron chi connectivity index (χ4n) is 10.1. The van der Waals surface area contributed by atoms with E-state index >= 15 is 0 Å². The fourth-order valence-corrected chi connectivity index (χ4v) is 10.1. The van der Waals surface area contributed by atoms with E-state index in [1.165, 1.54) is 19.3 Å². The number of hydrogen-bond acceptors (Lipinski definition) is 6. The standard InChI is InChI=1S/C45H54N4O4/c1-30-41(28-49(2)20-18-39-8-5-6-19-46-39)52-43(53-42(30)36-12-10-31(29-50)11-13-36)37-16-14-35(15-17-37)40-9-4-3-7-38(40)27-47-44(51)48-45-24-32-21-33(25-45)23-34(22-32)26-45/h3-17,19,30,32-34,41-43,50H,18,20-29H2,1-2H3,(H2,47,48,51)/t30-,32?,33?,34?,41+,42+,43+,45?/m0/s1. The molecule has 8 heteroatoms. The second kappa shape index (κ2) is 15.7. The Morgan fingerprint density at radius 1 is 0.868 bits per heavy atom. The average Bonchev–Trinajstić information content (AvgIpc) is 3.17. The number of aliphatic hydroxyl groups excluding tert-OH is 1. The topological polar surface area (TPSA) is 96.0 Å². The third-order valence-corrected chi connectivity index (χ3v) is 12.5. The number of aromatic nitrogens is 1. The molecule has 8 nitrogen and oxygen atoms in total. The van der Waals surface area contributed by atoms with E-state index in [4.69, 9.17) is 9.47 Å². The molecule has 0 spiro atoms. The number of carbonyl (C=O) groups is 1. The Balaban J connectivity index is 0.950. The van der Waals surface area contributed by atoms with Crippen LogP contribution in [0, 0.1) is 23.7 Å². The quantitative estimate of drug-likeness (QED) is 0.138. The molecule has 2 amide bonds. The average molecular weight is 715 g/mol. The van der Waals surface area contributed by atoms with Crippen LogP contribution in [0.15, 0.2) is 97.2 Å². The van der Waals surface area contributed by atoms with E-state index in [0.717, 1.165) is 95.6 Å². The number of hydrogen-bond donors (Lipinski definition) is 3. The van der Waals surface area contributed by atoms with Gasteiger partial charge in [-0.2, -0.15) is 0 Å². The van der Waals surface area contributed by atoms with E-state index in [2.05, 4.69) is 95.2 Å². The maximum absolute atomic E-state index is 13.3. The SMILES string of the molecule is C[C@H]1[C@@H](CN(C)CCc2ccccn2)O[C@@H](c2ccc(-c3ccccc3CNC(=O)NC34CC5CC(CC(C5)C3)C4)cc2)O[C@H]1c1ccc(CO)cc1. The number of pyridine rings is 1. The lowest BCUT2D eigenvalue weighted by atomic mass is 9.53. The molecule has 1 aliphatic heterocycles. The van der Waals surface area contributed by atoms with Crippen molar-refractivity contribution in [2.24, 2.45) is 23.7 Å². The highest BCUT2D eigenvalue weighted by atomic mass is 16.7. The molecular weight excluding hydrogens is 661 g/mol. The number of rotatable bonds is 12. The van der Waals surface area contributed by atoms with Crippen molar-refractivity contribution in [1.29, 1.82) is 0 Å². The summed E-state index contributed by atoms with van der Waals surface area (Å²) >= 11 is 0. The van der Waals surface area contributed by atoms with Gasteiger partial charge in [0.2, 0.25) is 0 Å². The zero-order chi connectivity index (χ0) is 36.4. The number of amides is 2. The maximum Gasteiger partial charge on any atom is 0.315 e. The Morgan fingerprint density at radius 2 is 1.55 bits per heavy atom. The van der Waals surface area contributed by atoms with Crippen molar-refractivity contribution in [3.05, 3.63) is 125 Å². The van der Waals surface area contributed by atoms with Crippen LogP contribution in [0.2, 0.25) is 0 Å². The largest absolute Gasteiger partial charge is 0.392 e. The summed E-state index contributed by atoms with van der Waals surface area (Å²) in [5, 5.41) is 16.3. The molecule has 5 fully saturated rings. The zero-order valence-corrected chi connectivity index (χ0v) is 31.1. The minimum atomic E-state index is -0.540. The molecule has 1 aromatic heterocycles. The summed E-state index contributed by atoms with van der Waals surface area (Å²) < 4.78 is 13.5. The van der Waals surface area contributed by atoms with Gasteiger partial charge >= 0.3 is 6.03 Å². The van der Waals surface area contributed by atoms with Crippen LogP contribution in [-0.2, 0) is 29.0 Å². The van der Waals surface area contributed by atoms with E-state index in [0.29, 0.717) is 6.54 Å². The van der Waals surface area contributed by atoms with Gasteiger partial charge in [0.25, 0.3) is 0 Å². The van der Waals surface area contributed by atoms with Gasteiger partial charge in [-0.3, -0.25) is 4.98 Å². The first-order valence-electron chi connectivity index (χ1n) is 19.7. The van der Waals surface area contributed by atoms with Crippen LogP contribution < -0.4 is 10.6 Å². The van der Waals surface area contributed by atoms with Crippen LogP contribution in [0.25, 0.3) is 11.1 Å². The van der Waals surface area contributed by atoms with Crippen molar-refractivity contribution in [1.82, 2.24) is 20.5 Å². The predicted octanol–water partition coefficient (Wildman–Crippen LogP) is 7.97. The third kappa shape index (κ3) is 8.21. The summed E-state index contributed by atoms with van der Waals surface area (Å²) in [6.07, 6.45) is 9.44. The van der Waals surface area contributed by atoms with Gasteiger partial charge in [0.1, 0.15) is 0 Å². The smallest absolute Gasteiger partial charge is 0.315 e. The van der Waals surface area contributed by atoms with Crippen LogP contribution in [0.3, 0.4) is 0 Å². The lowest BCUT2D eigenvalue weighted by molar-refractivity contribution is -0.275. The highest BCUT2D eigenvalue weighted by Gasteiger charge is 2.51. The highest BCUT2D eigenvalue weighted by molar-refractivity contribution is 5.76. The fraction of sp³-hybridized carbons (Fsp3) is 0.467. The van der Waals surface area contributed by atoms with E-state index in [1.54, 1.807) is 0 Å². The number of likely N-dealkylation sites (N-methyl/N-ethyl adjacent to an activating group) is 1. The summed E-state index contributed by atoms with van der Waals surface area (Å²) in [6.45, 7) is 4.31. The van der Waals surface area contributed by atoms with E-state index < -0.39 is 6.29 Å². The summed E-state index contributed by atoms with van der Waals surface area (Å²) in [5.74, 6) is 2.47. The Labute approximate surface area is 314 Å². The second-order valence-electron chi connectivity index (χ2n) is 16.4. The van der Waals surface area contributed by atoms with Gasteiger partial charge in [0.15, 0.2) is 6.29 Å². The monoisotopic (exact) mass is 714 g/mol. The molecule has 4 bridgehead atoms. The number of urea groups is 1. The number of benzene rings is 3. The molecule has 9 rings (SSSR count). The first-order valence-corrected chi connectivity index (χ1v) is 19.7. The van der Waals surface area contributed by atoms with Gasteiger partial charge in [-0.05, 0) is 103 Å². The highest BCUT2D eigenvalue weighted by Crippen LogP contribution is 2.55. The lowest BCUT2D eigenvalue weighted by Gasteiger charge is -2.56. The Morgan fingerprint density at radius 3 is 2.23 bits per heavy atom. The van der Waals surface area contributed by atoms with Crippen molar-refractivity contribution in [2.45, 2.75) is 89.1 Å². The maximum atomic E-state index is 13.3. The molecule has 4 aromatic rings. The molecule has 2 heterocycles. The van der Waals surface area contributed by atoms with Gasteiger partial charge < -0.3 is 30.1 Å². The summed E-state index contributed by atoms with van der Waals surface area (Å²) in [6, 6.07) is 30.9. The van der Waals surface area contributed by atoms with Crippen molar-refractivity contribution in [3.63, 3.8) is 0 Å². The van der Waals surface area contributed by atoms with E-state index in [1.807, 2.05) is 36.5 Å². The van der Waals surface area contributed by atoms with Crippen LogP contribution in [0.5, 0.6) is 0 Å². The molecular formula is C45H54N4O4. The molecule has 5 aliphatic rings. The van der Waals surface area contributed by atoms with Gasteiger partial charge in [-0.1, -0.05) is 85.8 Å². The van der Waals surface area contributed by atoms with Gasteiger partial charge in [0, 0.05) is 55.0 Å². The zero-order valence-electron chi connectivity index (χ0n) is 31.1. The number of nitrogens with one attached hydrogen (secondary N) is 2.